The number of halogens is 9. The van der Waals surface area contributed by atoms with Crippen molar-refractivity contribution in [3.63, 3.8) is 0 Å². The molecular formula is C35H23F9O6. The minimum atomic E-state index is -4.67. The van der Waals surface area contributed by atoms with E-state index >= 15 is 0 Å². The number of hydrogen-bond donors (Lipinski definition) is 2. The van der Waals surface area contributed by atoms with Crippen LogP contribution in [0.4, 0.5) is 39.5 Å². The van der Waals surface area contributed by atoms with Crippen LogP contribution in [0.25, 0.3) is 33.0 Å². The fraction of sp³-hybridized carbons (Fsp3) is 0.143. The summed E-state index contributed by atoms with van der Waals surface area (Å²) in [4.78, 5) is 21.3. The van der Waals surface area contributed by atoms with Crippen molar-refractivity contribution in [3.05, 3.63) is 120 Å². The Kier molecular flexibility index (Phi) is 11.0. The van der Waals surface area contributed by atoms with Crippen molar-refractivity contribution in [2.45, 2.75) is 18.5 Å². The summed E-state index contributed by atoms with van der Waals surface area (Å²) in [7, 11) is 0. The molecule has 0 radical (unpaired) electrons. The summed E-state index contributed by atoms with van der Waals surface area (Å²) < 4.78 is 126. The number of alkyl halides is 9. The molecule has 0 amide bonds. The maximum atomic E-state index is 13.0. The summed E-state index contributed by atoms with van der Waals surface area (Å²) in [5.74, 6) is -2.65. The van der Waals surface area contributed by atoms with Crippen LogP contribution in [0.2, 0.25) is 0 Å². The van der Waals surface area contributed by atoms with Crippen LogP contribution < -0.4 is 9.47 Å². The lowest BCUT2D eigenvalue weighted by molar-refractivity contribution is -0.140. The Hall–Kier alpha value is -5.73. The molecular weight excluding hydrogens is 687 g/mol. The summed E-state index contributed by atoms with van der Waals surface area (Å²) in [5, 5.41) is 19.2. The van der Waals surface area contributed by atoms with E-state index in [-0.39, 0.29) is 28.2 Å². The highest BCUT2D eigenvalue weighted by Crippen LogP contribution is 2.40. The van der Waals surface area contributed by atoms with E-state index < -0.39 is 60.4 Å². The molecule has 15 heteroatoms. The molecule has 0 heterocycles. The lowest BCUT2D eigenvalue weighted by atomic mass is 9.98. The average molecular weight is 711 g/mol. The Morgan fingerprint density at radius 1 is 0.480 bits per heavy atom. The summed E-state index contributed by atoms with van der Waals surface area (Å²) in [6, 6.07) is 21.4. The maximum absolute atomic E-state index is 13.0. The van der Waals surface area contributed by atoms with Crippen LogP contribution in [0, 0.1) is 0 Å². The van der Waals surface area contributed by atoms with E-state index in [0.29, 0.717) is 17.7 Å². The molecule has 5 rings (SSSR count). The predicted octanol–water partition coefficient (Wildman–Crippen LogP) is 9.84. The van der Waals surface area contributed by atoms with Gasteiger partial charge in [-0.3, -0.25) is 0 Å². The highest BCUT2D eigenvalue weighted by atomic mass is 19.4. The molecule has 0 unspecified atom stereocenters. The minimum Gasteiger partial charge on any atom is -0.481 e. The van der Waals surface area contributed by atoms with Gasteiger partial charge in [-0.1, -0.05) is 48.5 Å². The van der Waals surface area contributed by atoms with Gasteiger partial charge in [-0.25, -0.2) is 9.59 Å². The first kappa shape index (κ1) is 37.1. The quantitative estimate of drug-likeness (QED) is 0.156. The molecule has 6 nitrogen and oxygen atoms in total. The highest BCUT2D eigenvalue weighted by Gasteiger charge is 2.33. The van der Waals surface area contributed by atoms with Crippen molar-refractivity contribution in [3.8, 4) is 33.8 Å². The molecule has 0 aliphatic carbocycles. The molecule has 0 aliphatic rings. The van der Waals surface area contributed by atoms with Gasteiger partial charge in [0.15, 0.2) is 13.2 Å². The molecule has 50 heavy (non-hydrogen) atoms. The van der Waals surface area contributed by atoms with E-state index in [0.717, 1.165) is 59.3 Å². The van der Waals surface area contributed by atoms with Gasteiger partial charge in [-0.15, -0.1) is 0 Å². The Morgan fingerprint density at radius 3 is 1.32 bits per heavy atom. The molecule has 5 aromatic carbocycles. The number of aliphatic carboxylic acids is 2. The van der Waals surface area contributed by atoms with E-state index in [1.54, 1.807) is 18.2 Å². The molecule has 0 aliphatic heterocycles. The maximum Gasteiger partial charge on any atom is 0.416 e. The Balaban J connectivity index is 0.000000225. The number of ether oxygens (including phenoxy) is 2. The fourth-order valence-corrected chi connectivity index (χ4v) is 4.59. The van der Waals surface area contributed by atoms with Gasteiger partial charge in [0.1, 0.15) is 11.5 Å². The number of rotatable bonds is 8. The standard InChI is InChI=1S/C19H13F3O3.C16H10F6O3/c20-19(21,22)15-7-8-17(25-11-18(23)24)16(10-15)14-6-5-12-3-1-2-4-13(12)9-14;17-15(18,19)10-3-1-9(2-4-10)12-7-11(16(20,21)22)5-6-13(12)25-8-14(23)24/h1-10H,11H2,(H,23,24);1-7H,8H2,(H,23,24). The van der Waals surface area contributed by atoms with Crippen LogP contribution in [0.5, 0.6) is 11.5 Å². The van der Waals surface area contributed by atoms with Crippen molar-refractivity contribution in [2.75, 3.05) is 13.2 Å². The van der Waals surface area contributed by atoms with Gasteiger partial charge in [0, 0.05) is 11.1 Å². The number of carboxylic acids is 2. The van der Waals surface area contributed by atoms with Gasteiger partial charge in [-0.05, 0) is 76.5 Å². The smallest absolute Gasteiger partial charge is 0.416 e. The SMILES string of the molecule is O=C(O)COc1ccc(C(F)(F)F)cc1-c1ccc(C(F)(F)F)cc1.O=C(O)COc1ccc(C(F)(F)F)cc1-c1ccc2ccccc2c1. The topological polar surface area (TPSA) is 93.1 Å². The predicted molar refractivity (Wildman–Crippen MR) is 163 cm³/mol. The zero-order chi connectivity index (χ0) is 36.9. The number of hydrogen-bond acceptors (Lipinski definition) is 4. The van der Waals surface area contributed by atoms with Gasteiger partial charge in [0.25, 0.3) is 0 Å². The Morgan fingerprint density at radius 2 is 0.880 bits per heavy atom. The van der Waals surface area contributed by atoms with Crippen LogP contribution in [0.3, 0.4) is 0 Å². The van der Waals surface area contributed by atoms with E-state index in [2.05, 4.69) is 0 Å². The lowest BCUT2D eigenvalue weighted by Gasteiger charge is -2.15. The second-order valence-corrected chi connectivity index (χ2v) is 10.4. The van der Waals surface area contributed by atoms with Crippen LogP contribution in [0.15, 0.2) is 103 Å². The third kappa shape index (κ3) is 9.67. The molecule has 0 aromatic heterocycles. The molecule has 0 saturated heterocycles. The van der Waals surface area contributed by atoms with E-state index in [1.807, 2.05) is 24.3 Å². The number of carboxylic acid groups (broad SMARTS) is 2. The molecule has 0 bridgehead atoms. The van der Waals surface area contributed by atoms with Crippen LogP contribution in [-0.2, 0) is 28.1 Å². The van der Waals surface area contributed by atoms with Gasteiger partial charge in [-0.2, -0.15) is 39.5 Å². The molecule has 0 fully saturated rings. The summed E-state index contributed by atoms with van der Waals surface area (Å²) in [5.41, 5.74) is -2.24. The number of fused-ring (bicyclic) bond motifs is 1. The largest absolute Gasteiger partial charge is 0.481 e. The molecule has 0 atom stereocenters. The van der Waals surface area contributed by atoms with Crippen molar-refractivity contribution < 1.29 is 68.8 Å². The number of carbonyl (C=O) groups is 2. The van der Waals surface area contributed by atoms with Gasteiger partial charge in [0.2, 0.25) is 0 Å². The third-order valence-electron chi connectivity index (χ3n) is 6.90. The Bertz CT molecular complexity index is 1980. The van der Waals surface area contributed by atoms with Crippen LogP contribution in [-0.4, -0.2) is 35.4 Å². The van der Waals surface area contributed by atoms with Crippen molar-refractivity contribution in [2.24, 2.45) is 0 Å². The van der Waals surface area contributed by atoms with E-state index in [1.165, 1.54) is 0 Å². The van der Waals surface area contributed by atoms with Gasteiger partial charge >= 0.3 is 30.5 Å². The van der Waals surface area contributed by atoms with E-state index in [4.69, 9.17) is 19.7 Å². The first-order valence-electron chi connectivity index (χ1n) is 14.1. The second kappa shape index (κ2) is 14.8. The van der Waals surface area contributed by atoms with Crippen molar-refractivity contribution >= 4 is 22.7 Å². The molecule has 2 N–H and O–H groups in total. The van der Waals surface area contributed by atoms with Crippen molar-refractivity contribution in [1.82, 2.24) is 0 Å². The fourth-order valence-electron chi connectivity index (χ4n) is 4.59. The van der Waals surface area contributed by atoms with Gasteiger partial charge in [0.05, 0.1) is 16.7 Å². The summed E-state index contributed by atoms with van der Waals surface area (Å²) >= 11 is 0. The molecule has 0 saturated carbocycles. The zero-order valence-electron chi connectivity index (χ0n) is 25.2. The minimum absolute atomic E-state index is 0.0273. The van der Waals surface area contributed by atoms with E-state index in [9.17, 15) is 49.1 Å². The first-order valence-corrected chi connectivity index (χ1v) is 14.1. The second-order valence-electron chi connectivity index (χ2n) is 10.4. The van der Waals surface area contributed by atoms with Gasteiger partial charge < -0.3 is 19.7 Å². The normalized spacial score (nSPS) is 11.8. The highest BCUT2D eigenvalue weighted by molar-refractivity contribution is 5.88. The lowest BCUT2D eigenvalue weighted by Crippen LogP contribution is -2.11. The monoisotopic (exact) mass is 710 g/mol. The van der Waals surface area contributed by atoms with Crippen LogP contribution in [0.1, 0.15) is 16.7 Å². The number of benzene rings is 5. The van der Waals surface area contributed by atoms with Crippen LogP contribution >= 0.6 is 0 Å². The summed E-state index contributed by atoms with van der Waals surface area (Å²) in [6.07, 6.45) is -13.8. The zero-order valence-corrected chi connectivity index (χ0v) is 25.2. The molecule has 262 valence electrons. The first-order chi connectivity index (χ1) is 23.3. The molecule has 0 spiro atoms. The van der Waals surface area contributed by atoms with Crippen molar-refractivity contribution in [1.29, 1.82) is 0 Å². The third-order valence-corrected chi connectivity index (χ3v) is 6.90. The average Bonchev–Trinajstić information content (AvgIpc) is 3.05. The Labute approximate surface area is 276 Å². The summed E-state index contributed by atoms with van der Waals surface area (Å²) in [6.45, 7) is -1.44. The molecule has 5 aromatic rings.